The molecule has 2 aromatic carbocycles. The summed E-state index contributed by atoms with van der Waals surface area (Å²) in [5.41, 5.74) is 1.86. The molecule has 2 rings (SSSR count). The molecule has 0 aliphatic rings. The Balaban J connectivity index is 2.04. The van der Waals surface area contributed by atoms with Crippen molar-refractivity contribution in [1.29, 1.82) is 0 Å². The third-order valence-electron chi connectivity index (χ3n) is 2.66. The summed E-state index contributed by atoms with van der Waals surface area (Å²) in [5, 5.41) is 3.60. The van der Waals surface area contributed by atoms with Gasteiger partial charge in [-0.2, -0.15) is 0 Å². The molecular formula is C15H11Cl2NO2. The molecule has 0 saturated heterocycles. The van der Waals surface area contributed by atoms with Crippen molar-refractivity contribution in [2.75, 3.05) is 5.32 Å². The lowest BCUT2D eigenvalue weighted by Crippen LogP contribution is -2.14. The maximum absolute atomic E-state index is 11.9. The fourth-order valence-corrected chi connectivity index (χ4v) is 2.05. The van der Waals surface area contributed by atoms with Gasteiger partial charge in [-0.15, -0.1) is 0 Å². The minimum absolute atomic E-state index is 0.183. The predicted molar refractivity (Wildman–Crippen MR) is 80.6 cm³/mol. The normalized spacial score (nSPS) is 10.1. The van der Waals surface area contributed by atoms with Crippen molar-refractivity contribution in [3.8, 4) is 0 Å². The number of amides is 1. The van der Waals surface area contributed by atoms with Crippen molar-refractivity contribution < 1.29 is 9.59 Å². The van der Waals surface area contributed by atoms with Gasteiger partial charge in [0.25, 0.3) is 0 Å². The lowest BCUT2D eigenvalue weighted by molar-refractivity contribution is -0.115. The Labute approximate surface area is 126 Å². The molecule has 5 heteroatoms. The molecule has 0 aromatic heterocycles. The Hall–Kier alpha value is -1.84. The van der Waals surface area contributed by atoms with E-state index in [1.807, 2.05) is 0 Å². The van der Waals surface area contributed by atoms with Crippen molar-refractivity contribution in [1.82, 2.24) is 0 Å². The Bertz CT molecular complexity index is 656. The van der Waals surface area contributed by atoms with E-state index >= 15 is 0 Å². The first kappa shape index (κ1) is 14.6. The Morgan fingerprint density at radius 3 is 2.60 bits per heavy atom. The second kappa shape index (κ2) is 6.55. The molecule has 0 radical (unpaired) electrons. The van der Waals surface area contributed by atoms with Gasteiger partial charge < -0.3 is 5.32 Å². The Morgan fingerprint density at radius 2 is 1.90 bits per heavy atom. The number of rotatable bonds is 4. The standard InChI is InChI=1S/C15H11Cl2NO2/c16-13-5-4-10(7-14(13)17)8-15(20)18-12-3-1-2-11(6-12)9-19/h1-7,9H,8H2,(H,18,20). The van der Waals surface area contributed by atoms with Gasteiger partial charge in [-0.3, -0.25) is 9.59 Å². The number of hydrogen-bond acceptors (Lipinski definition) is 2. The maximum Gasteiger partial charge on any atom is 0.228 e. The molecule has 3 nitrogen and oxygen atoms in total. The molecule has 102 valence electrons. The van der Waals surface area contributed by atoms with Gasteiger partial charge in [0.2, 0.25) is 5.91 Å². The number of nitrogens with one attached hydrogen (secondary N) is 1. The van der Waals surface area contributed by atoms with Gasteiger partial charge in [-0.05, 0) is 29.8 Å². The summed E-state index contributed by atoms with van der Waals surface area (Å²) in [7, 11) is 0. The molecular weight excluding hydrogens is 297 g/mol. The number of anilines is 1. The van der Waals surface area contributed by atoms with Gasteiger partial charge in [0.05, 0.1) is 16.5 Å². The minimum Gasteiger partial charge on any atom is -0.326 e. The second-order valence-corrected chi connectivity index (χ2v) is 5.03. The van der Waals surface area contributed by atoms with Crippen LogP contribution in [-0.2, 0) is 11.2 Å². The molecule has 20 heavy (non-hydrogen) atoms. The van der Waals surface area contributed by atoms with E-state index in [1.54, 1.807) is 42.5 Å². The van der Waals surface area contributed by atoms with Crippen LogP contribution < -0.4 is 5.32 Å². The average molecular weight is 308 g/mol. The fraction of sp³-hybridized carbons (Fsp3) is 0.0667. The summed E-state index contributed by atoms with van der Waals surface area (Å²) in [4.78, 5) is 22.6. The molecule has 1 amide bonds. The zero-order valence-electron chi connectivity index (χ0n) is 10.4. The van der Waals surface area contributed by atoms with E-state index in [0.29, 0.717) is 21.3 Å². The van der Waals surface area contributed by atoms with E-state index in [0.717, 1.165) is 11.8 Å². The monoisotopic (exact) mass is 307 g/mol. The van der Waals surface area contributed by atoms with Gasteiger partial charge in [0.15, 0.2) is 0 Å². The van der Waals surface area contributed by atoms with Crippen molar-refractivity contribution in [3.63, 3.8) is 0 Å². The zero-order valence-corrected chi connectivity index (χ0v) is 11.9. The van der Waals surface area contributed by atoms with Crippen LogP contribution in [0, 0.1) is 0 Å². The number of carbonyl (C=O) groups is 2. The van der Waals surface area contributed by atoms with Crippen LogP contribution in [-0.4, -0.2) is 12.2 Å². The zero-order chi connectivity index (χ0) is 14.5. The lowest BCUT2D eigenvalue weighted by Gasteiger charge is -2.06. The third kappa shape index (κ3) is 3.83. The Morgan fingerprint density at radius 1 is 1.10 bits per heavy atom. The summed E-state index contributed by atoms with van der Waals surface area (Å²) in [5.74, 6) is -0.188. The smallest absolute Gasteiger partial charge is 0.228 e. The number of aldehydes is 1. The highest BCUT2D eigenvalue weighted by Crippen LogP contribution is 2.23. The number of hydrogen-bond donors (Lipinski definition) is 1. The van der Waals surface area contributed by atoms with Gasteiger partial charge in [0, 0.05) is 11.3 Å². The molecule has 0 aliphatic carbocycles. The van der Waals surface area contributed by atoms with E-state index in [1.165, 1.54) is 0 Å². The molecule has 0 atom stereocenters. The van der Waals surface area contributed by atoms with Crippen molar-refractivity contribution in [3.05, 3.63) is 63.6 Å². The molecule has 0 heterocycles. The predicted octanol–water partition coefficient (Wildman–Crippen LogP) is 3.99. The number of carbonyl (C=O) groups excluding carboxylic acids is 2. The lowest BCUT2D eigenvalue weighted by atomic mass is 10.1. The largest absolute Gasteiger partial charge is 0.326 e. The first-order chi connectivity index (χ1) is 9.58. The first-order valence-corrected chi connectivity index (χ1v) is 6.63. The SMILES string of the molecule is O=Cc1cccc(NC(=O)Cc2ccc(Cl)c(Cl)c2)c1. The second-order valence-electron chi connectivity index (χ2n) is 4.22. The molecule has 0 spiro atoms. The summed E-state index contributed by atoms with van der Waals surface area (Å²) in [6, 6.07) is 11.8. The third-order valence-corrected chi connectivity index (χ3v) is 3.39. The van der Waals surface area contributed by atoms with Gasteiger partial charge in [-0.25, -0.2) is 0 Å². The highest BCUT2D eigenvalue weighted by molar-refractivity contribution is 6.42. The van der Waals surface area contributed by atoms with Gasteiger partial charge in [-0.1, -0.05) is 41.4 Å². The number of benzene rings is 2. The van der Waals surface area contributed by atoms with Crippen LogP contribution in [0.4, 0.5) is 5.69 Å². The fourth-order valence-electron chi connectivity index (χ4n) is 1.73. The Kier molecular flexibility index (Phi) is 4.77. The highest BCUT2D eigenvalue weighted by atomic mass is 35.5. The first-order valence-electron chi connectivity index (χ1n) is 5.87. The van der Waals surface area contributed by atoms with E-state index < -0.39 is 0 Å². The quantitative estimate of drug-likeness (QED) is 0.868. The van der Waals surface area contributed by atoms with Crippen LogP contribution in [0.5, 0.6) is 0 Å². The van der Waals surface area contributed by atoms with Crippen molar-refractivity contribution in [2.45, 2.75) is 6.42 Å². The summed E-state index contributed by atoms with van der Waals surface area (Å²) >= 11 is 11.7. The molecule has 1 N–H and O–H groups in total. The van der Waals surface area contributed by atoms with E-state index in [9.17, 15) is 9.59 Å². The van der Waals surface area contributed by atoms with E-state index in [4.69, 9.17) is 23.2 Å². The van der Waals surface area contributed by atoms with Gasteiger partial charge in [0.1, 0.15) is 6.29 Å². The highest BCUT2D eigenvalue weighted by Gasteiger charge is 2.06. The van der Waals surface area contributed by atoms with Crippen LogP contribution in [0.3, 0.4) is 0 Å². The van der Waals surface area contributed by atoms with Crippen LogP contribution in [0.15, 0.2) is 42.5 Å². The molecule has 2 aromatic rings. The van der Waals surface area contributed by atoms with Crippen LogP contribution in [0.1, 0.15) is 15.9 Å². The molecule has 0 saturated carbocycles. The van der Waals surface area contributed by atoms with Crippen molar-refractivity contribution in [2.24, 2.45) is 0 Å². The maximum atomic E-state index is 11.9. The van der Waals surface area contributed by atoms with Crippen LogP contribution in [0.2, 0.25) is 10.0 Å². The summed E-state index contributed by atoms with van der Waals surface area (Å²) in [6.45, 7) is 0. The molecule has 0 bridgehead atoms. The number of halogens is 2. The van der Waals surface area contributed by atoms with Crippen LogP contribution >= 0.6 is 23.2 Å². The van der Waals surface area contributed by atoms with Crippen molar-refractivity contribution >= 4 is 41.1 Å². The average Bonchev–Trinajstić information content (AvgIpc) is 2.43. The topological polar surface area (TPSA) is 46.2 Å². The summed E-state index contributed by atoms with van der Waals surface area (Å²) < 4.78 is 0. The van der Waals surface area contributed by atoms with E-state index in [2.05, 4.69) is 5.32 Å². The van der Waals surface area contributed by atoms with E-state index in [-0.39, 0.29) is 12.3 Å². The van der Waals surface area contributed by atoms with Gasteiger partial charge >= 0.3 is 0 Å². The molecule has 0 fully saturated rings. The van der Waals surface area contributed by atoms with Crippen LogP contribution in [0.25, 0.3) is 0 Å². The minimum atomic E-state index is -0.188. The molecule has 0 unspecified atom stereocenters. The molecule has 0 aliphatic heterocycles. The summed E-state index contributed by atoms with van der Waals surface area (Å²) in [6.07, 6.45) is 0.914.